The quantitative estimate of drug-likeness (QED) is 0.730. The third-order valence-corrected chi connectivity index (χ3v) is 4.86. The highest BCUT2D eigenvalue weighted by molar-refractivity contribution is 5.82. The van der Waals surface area contributed by atoms with Gasteiger partial charge in [0.1, 0.15) is 0 Å². The van der Waals surface area contributed by atoms with Crippen molar-refractivity contribution in [3.8, 4) is 0 Å². The lowest BCUT2D eigenvalue weighted by molar-refractivity contribution is -0.124. The van der Waals surface area contributed by atoms with Gasteiger partial charge in [-0.2, -0.15) is 0 Å². The molecule has 1 aliphatic rings. The first-order valence-corrected chi connectivity index (χ1v) is 8.44. The van der Waals surface area contributed by atoms with Crippen molar-refractivity contribution in [2.24, 2.45) is 5.92 Å². The van der Waals surface area contributed by atoms with Crippen molar-refractivity contribution in [2.45, 2.75) is 97.2 Å². The van der Waals surface area contributed by atoms with E-state index in [0.717, 1.165) is 12.3 Å². The second-order valence-corrected chi connectivity index (χ2v) is 7.16. The second-order valence-electron chi connectivity index (χ2n) is 7.16. The van der Waals surface area contributed by atoms with E-state index in [2.05, 4.69) is 38.3 Å². The minimum absolute atomic E-state index is 0.112. The third-order valence-electron chi connectivity index (χ3n) is 4.86. The monoisotopic (exact) mass is 282 g/mol. The van der Waals surface area contributed by atoms with E-state index >= 15 is 0 Å². The van der Waals surface area contributed by atoms with E-state index in [1.54, 1.807) is 0 Å². The van der Waals surface area contributed by atoms with E-state index in [1.165, 1.54) is 38.5 Å². The van der Waals surface area contributed by atoms with Crippen LogP contribution in [-0.2, 0) is 4.79 Å². The Morgan fingerprint density at radius 1 is 1.15 bits per heavy atom. The number of hydrogen-bond acceptors (Lipinski definition) is 2. The molecule has 2 atom stereocenters. The van der Waals surface area contributed by atoms with Crippen LogP contribution < -0.4 is 10.6 Å². The Labute approximate surface area is 125 Å². The predicted molar refractivity (Wildman–Crippen MR) is 85.8 cm³/mol. The fraction of sp³-hybridized carbons (Fsp3) is 0.941. The van der Waals surface area contributed by atoms with Gasteiger partial charge in [-0.15, -0.1) is 0 Å². The van der Waals surface area contributed by atoms with Crippen LogP contribution >= 0.6 is 0 Å². The maximum atomic E-state index is 12.2. The van der Waals surface area contributed by atoms with Crippen LogP contribution in [0.15, 0.2) is 0 Å². The molecule has 1 aliphatic carbocycles. The number of nitrogens with one attached hydrogen (secondary N) is 2. The van der Waals surface area contributed by atoms with Crippen LogP contribution in [0.4, 0.5) is 0 Å². The summed E-state index contributed by atoms with van der Waals surface area (Å²) in [5, 5.41) is 6.64. The van der Waals surface area contributed by atoms with Crippen LogP contribution in [-0.4, -0.2) is 23.5 Å². The molecular weight excluding hydrogens is 248 g/mol. The number of hydrogen-bond donors (Lipinski definition) is 2. The van der Waals surface area contributed by atoms with Crippen LogP contribution in [0.1, 0.15) is 79.6 Å². The van der Waals surface area contributed by atoms with Gasteiger partial charge < -0.3 is 10.6 Å². The average molecular weight is 282 g/mol. The Morgan fingerprint density at radius 2 is 1.70 bits per heavy atom. The molecule has 0 saturated heterocycles. The van der Waals surface area contributed by atoms with Gasteiger partial charge in [0.25, 0.3) is 0 Å². The van der Waals surface area contributed by atoms with Crippen molar-refractivity contribution in [3.05, 3.63) is 0 Å². The van der Waals surface area contributed by atoms with E-state index < -0.39 is 0 Å². The molecule has 0 aromatic carbocycles. The lowest BCUT2D eigenvalue weighted by Gasteiger charge is -2.30. The van der Waals surface area contributed by atoms with E-state index in [0.29, 0.717) is 6.04 Å². The van der Waals surface area contributed by atoms with Gasteiger partial charge in [-0.25, -0.2) is 0 Å². The zero-order valence-electron chi connectivity index (χ0n) is 14.1. The Hall–Kier alpha value is -0.570. The van der Waals surface area contributed by atoms with Crippen LogP contribution in [0.2, 0.25) is 0 Å². The van der Waals surface area contributed by atoms with Crippen molar-refractivity contribution >= 4 is 5.91 Å². The molecule has 0 heterocycles. The topological polar surface area (TPSA) is 41.1 Å². The average Bonchev–Trinajstić information content (AvgIpc) is 2.67. The highest BCUT2D eigenvalue weighted by Crippen LogP contribution is 2.25. The van der Waals surface area contributed by atoms with Gasteiger partial charge in [-0.05, 0) is 52.9 Å². The maximum Gasteiger partial charge on any atom is 0.237 e. The smallest absolute Gasteiger partial charge is 0.237 e. The summed E-state index contributed by atoms with van der Waals surface area (Å²) in [4.78, 5) is 12.2. The molecule has 3 heteroatoms. The second kappa shape index (κ2) is 8.02. The van der Waals surface area contributed by atoms with Gasteiger partial charge in [-0.1, -0.05) is 32.6 Å². The summed E-state index contributed by atoms with van der Waals surface area (Å²) in [7, 11) is 0. The molecule has 3 nitrogen and oxygen atoms in total. The molecule has 118 valence electrons. The van der Waals surface area contributed by atoms with Crippen LogP contribution in [0.25, 0.3) is 0 Å². The molecule has 1 rings (SSSR count). The number of carbonyl (C=O) groups excluding carboxylic acids is 1. The van der Waals surface area contributed by atoms with Crippen LogP contribution in [0.5, 0.6) is 0 Å². The minimum Gasteiger partial charge on any atom is -0.350 e. The Bertz CT molecular complexity index is 293. The molecule has 20 heavy (non-hydrogen) atoms. The summed E-state index contributed by atoms with van der Waals surface area (Å²) in [6, 6.07) is 0.317. The molecule has 0 radical (unpaired) electrons. The molecule has 1 unspecified atom stereocenters. The highest BCUT2D eigenvalue weighted by atomic mass is 16.2. The first-order chi connectivity index (χ1) is 9.35. The molecular formula is C17H34N2O. The fourth-order valence-corrected chi connectivity index (χ4v) is 2.95. The largest absolute Gasteiger partial charge is 0.350 e. The van der Waals surface area contributed by atoms with Crippen LogP contribution in [0, 0.1) is 5.92 Å². The summed E-state index contributed by atoms with van der Waals surface area (Å²) in [6.45, 7) is 10.5. The van der Waals surface area contributed by atoms with E-state index in [1.807, 2.05) is 6.92 Å². The minimum atomic E-state index is -0.113. The lowest BCUT2D eigenvalue weighted by atomic mass is 9.92. The Kier molecular flexibility index (Phi) is 7.01. The highest BCUT2D eigenvalue weighted by Gasteiger charge is 2.25. The van der Waals surface area contributed by atoms with Gasteiger partial charge >= 0.3 is 0 Å². The standard InChI is InChI=1S/C17H34N2O/c1-6-17(4,5)19-16(20)14(3)18-13(2)15-11-9-7-8-10-12-15/h13-15,18H,6-12H2,1-5H3,(H,19,20)/t13-,14?/m1/s1. The molecule has 0 bridgehead atoms. The first-order valence-electron chi connectivity index (χ1n) is 8.44. The van der Waals surface area contributed by atoms with Gasteiger partial charge in [0.15, 0.2) is 0 Å². The molecule has 1 amide bonds. The fourth-order valence-electron chi connectivity index (χ4n) is 2.95. The van der Waals surface area contributed by atoms with Gasteiger partial charge in [0, 0.05) is 11.6 Å². The normalized spacial score (nSPS) is 21.1. The van der Waals surface area contributed by atoms with E-state index in [4.69, 9.17) is 0 Å². The van der Waals surface area contributed by atoms with Gasteiger partial charge in [-0.3, -0.25) is 4.79 Å². The van der Waals surface area contributed by atoms with Crippen molar-refractivity contribution in [1.29, 1.82) is 0 Å². The van der Waals surface area contributed by atoms with E-state index in [-0.39, 0.29) is 17.5 Å². The van der Waals surface area contributed by atoms with E-state index in [9.17, 15) is 4.79 Å². The molecule has 1 fully saturated rings. The number of rotatable bonds is 6. The molecule has 0 spiro atoms. The third kappa shape index (κ3) is 5.82. The van der Waals surface area contributed by atoms with Crippen molar-refractivity contribution < 1.29 is 4.79 Å². The molecule has 0 aromatic heterocycles. The lowest BCUT2D eigenvalue weighted by Crippen LogP contribution is -2.53. The van der Waals surface area contributed by atoms with Crippen molar-refractivity contribution in [2.75, 3.05) is 0 Å². The zero-order chi connectivity index (χ0) is 15.2. The Balaban J connectivity index is 2.43. The summed E-state index contributed by atoms with van der Waals surface area (Å²) in [5.41, 5.74) is -0.113. The molecule has 1 saturated carbocycles. The van der Waals surface area contributed by atoms with Gasteiger partial charge in [0.2, 0.25) is 5.91 Å². The summed E-state index contributed by atoms with van der Waals surface area (Å²) in [6.07, 6.45) is 9.02. The molecule has 0 aliphatic heterocycles. The number of amides is 1. The van der Waals surface area contributed by atoms with Crippen molar-refractivity contribution in [1.82, 2.24) is 10.6 Å². The molecule has 0 aromatic rings. The van der Waals surface area contributed by atoms with Crippen LogP contribution in [0.3, 0.4) is 0 Å². The summed E-state index contributed by atoms with van der Waals surface area (Å²) >= 11 is 0. The Morgan fingerprint density at radius 3 is 2.20 bits per heavy atom. The zero-order valence-corrected chi connectivity index (χ0v) is 14.1. The predicted octanol–water partition coefficient (Wildman–Crippen LogP) is 3.63. The summed E-state index contributed by atoms with van der Waals surface area (Å²) in [5.74, 6) is 0.851. The maximum absolute atomic E-state index is 12.2. The number of carbonyl (C=O) groups is 1. The van der Waals surface area contributed by atoms with Gasteiger partial charge in [0.05, 0.1) is 6.04 Å². The first kappa shape index (κ1) is 17.5. The summed E-state index contributed by atoms with van der Waals surface area (Å²) < 4.78 is 0. The van der Waals surface area contributed by atoms with Crippen molar-refractivity contribution in [3.63, 3.8) is 0 Å². The SMILES string of the molecule is CCC(C)(C)NC(=O)C(C)N[C@H](C)C1CCCCCC1. The molecule has 2 N–H and O–H groups in total.